The Morgan fingerprint density at radius 2 is 2.29 bits per heavy atom. The van der Waals surface area contributed by atoms with E-state index in [2.05, 4.69) is 10.3 Å². The lowest BCUT2D eigenvalue weighted by Crippen LogP contribution is -2.25. The first-order valence-electron chi connectivity index (χ1n) is 4.27. The van der Waals surface area contributed by atoms with Crippen molar-refractivity contribution < 1.29 is 4.79 Å². The molecule has 1 aromatic rings. The standard InChI is InChI=1S/C9H11ClN2O2/c10-4-1-5-11-9(14)7-2-3-8(13)12-6-7/h2-3,6H,1,4-5H2,(H,11,14)(H,12,13). The van der Waals surface area contributed by atoms with Gasteiger partial charge in [-0.15, -0.1) is 11.6 Å². The molecule has 1 amide bonds. The van der Waals surface area contributed by atoms with E-state index in [9.17, 15) is 9.59 Å². The van der Waals surface area contributed by atoms with Crippen molar-refractivity contribution in [1.82, 2.24) is 10.3 Å². The zero-order valence-corrected chi connectivity index (χ0v) is 8.30. The summed E-state index contributed by atoms with van der Waals surface area (Å²) >= 11 is 5.45. The fourth-order valence-corrected chi connectivity index (χ4v) is 1.06. The molecule has 0 radical (unpaired) electrons. The van der Waals surface area contributed by atoms with Gasteiger partial charge in [0.05, 0.1) is 5.56 Å². The number of amides is 1. The number of H-pyrrole nitrogens is 1. The summed E-state index contributed by atoms with van der Waals surface area (Å²) in [6, 6.07) is 2.80. The predicted octanol–water partition coefficient (Wildman–Crippen LogP) is 0.734. The van der Waals surface area contributed by atoms with Crippen LogP contribution >= 0.6 is 11.6 Å². The van der Waals surface area contributed by atoms with Gasteiger partial charge in [-0.1, -0.05) is 0 Å². The third-order valence-electron chi connectivity index (χ3n) is 1.64. The molecule has 1 rings (SSSR count). The second-order valence-corrected chi connectivity index (χ2v) is 3.12. The van der Waals surface area contributed by atoms with Crippen molar-refractivity contribution in [3.63, 3.8) is 0 Å². The number of aromatic amines is 1. The number of pyridine rings is 1. The van der Waals surface area contributed by atoms with Crippen LogP contribution in [0, 0.1) is 0 Å². The maximum absolute atomic E-state index is 11.4. The Labute approximate surface area is 86.3 Å². The highest BCUT2D eigenvalue weighted by Crippen LogP contribution is 1.92. The summed E-state index contributed by atoms with van der Waals surface area (Å²) in [5.41, 5.74) is 0.224. The quantitative estimate of drug-likeness (QED) is 0.574. The Morgan fingerprint density at radius 3 is 2.86 bits per heavy atom. The van der Waals surface area contributed by atoms with E-state index in [0.717, 1.165) is 6.42 Å². The van der Waals surface area contributed by atoms with Crippen molar-refractivity contribution in [2.45, 2.75) is 6.42 Å². The normalized spacial score (nSPS) is 9.79. The second-order valence-electron chi connectivity index (χ2n) is 2.74. The van der Waals surface area contributed by atoms with Gasteiger partial charge < -0.3 is 10.3 Å². The van der Waals surface area contributed by atoms with Gasteiger partial charge in [0, 0.05) is 24.7 Å². The van der Waals surface area contributed by atoms with Crippen LogP contribution in [0.5, 0.6) is 0 Å². The van der Waals surface area contributed by atoms with E-state index in [4.69, 9.17) is 11.6 Å². The molecule has 1 aromatic heterocycles. The first-order chi connectivity index (χ1) is 6.74. The third kappa shape index (κ3) is 3.22. The van der Waals surface area contributed by atoms with Crippen LogP contribution in [0.1, 0.15) is 16.8 Å². The van der Waals surface area contributed by atoms with Crippen LogP contribution in [0.4, 0.5) is 0 Å². The van der Waals surface area contributed by atoms with E-state index in [0.29, 0.717) is 18.0 Å². The second kappa shape index (κ2) is 5.44. The predicted molar refractivity (Wildman–Crippen MR) is 54.7 cm³/mol. The SMILES string of the molecule is O=C(NCCCCl)c1ccc(=O)[nH]c1. The molecular formula is C9H11ClN2O2. The van der Waals surface area contributed by atoms with Crippen LogP contribution in [-0.4, -0.2) is 23.3 Å². The smallest absolute Gasteiger partial charge is 0.252 e. The average molecular weight is 215 g/mol. The minimum atomic E-state index is -0.220. The molecule has 1 heterocycles. The summed E-state index contributed by atoms with van der Waals surface area (Å²) in [7, 11) is 0. The summed E-state index contributed by atoms with van der Waals surface area (Å²) in [5.74, 6) is 0.317. The Hall–Kier alpha value is -1.29. The number of alkyl halides is 1. The maximum Gasteiger partial charge on any atom is 0.252 e. The third-order valence-corrected chi connectivity index (χ3v) is 1.91. The molecule has 0 unspecified atom stereocenters. The van der Waals surface area contributed by atoms with Gasteiger partial charge in [-0.2, -0.15) is 0 Å². The van der Waals surface area contributed by atoms with E-state index in [1.54, 1.807) is 0 Å². The monoisotopic (exact) mass is 214 g/mol. The number of rotatable bonds is 4. The average Bonchev–Trinajstić information content (AvgIpc) is 2.19. The Balaban J connectivity index is 2.52. The first-order valence-corrected chi connectivity index (χ1v) is 4.80. The van der Waals surface area contributed by atoms with E-state index in [-0.39, 0.29) is 11.5 Å². The van der Waals surface area contributed by atoms with E-state index >= 15 is 0 Å². The molecule has 0 spiro atoms. The topological polar surface area (TPSA) is 62.0 Å². The Kier molecular flexibility index (Phi) is 4.19. The summed E-state index contributed by atoms with van der Waals surface area (Å²) < 4.78 is 0. The maximum atomic E-state index is 11.4. The molecule has 14 heavy (non-hydrogen) atoms. The van der Waals surface area contributed by atoms with Crippen molar-refractivity contribution in [3.8, 4) is 0 Å². The highest BCUT2D eigenvalue weighted by molar-refractivity contribution is 6.17. The number of carbonyl (C=O) groups excluding carboxylic acids is 1. The van der Waals surface area contributed by atoms with Crippen LogP contribution in [-0.2, 0) is 0 Å². The highest BCUT2D eigenvalue weighted by atomic mass is 35.5. The van der Waals surface area contributed by atoms with Crippen molar-refractivity contribution in [2.75, 3.05) is 12.4 Å². The van der Waals surface area contributed by atoms with Gasteiger partial charge in [-0.05, 0) is 12.5 Å². The highest BCUT2D eigenvalue weighted by Gasteiger charge is 2.03. The molecule has 4 nitrogen and oxygen atoms in total. The molecule has 5 heteroatoms. The molecule has 0 fully saturated rings. The number of carbonyl (C=O) groups is 1. The minimum absolute atomic E-state index is 0.202. The molecule has 0 aliphatic heterocycles. The summed E-state index contributed by atoms with van der Waals surface area (Å²) in [6.07, 6.45) is 2.12. The number of hydrogen-bond acceptors (Lipinski definition) is 2. The fraction of sp³-hybridized carbons (Fsp3) is 0.333. The molecule has 0 saturated heterocycles. The molecular weight excluding hydrogens is 204 g/mol. The largest absolute Gasteiger partial charge is 0.352 e. The van der Waals surface area contributed by atoms with Crippen LogP contribution in [0.15, 0.2) is 23.1 Å². The molecule has 0 atom stereocenters. The van der Waals surface area contributed by atoms with Crippen molar-refractivity contribution in [1.29, 1.82) is 0 Å². The molecule has 0 aliphatic carbocycles. The summed E-state index contributed by atoms with van der Waals surface area (Å²) in [6.45, 7) is 0.543. The summed E-state index contributed by atoms with van der Waals surface area (Å²) in [5, 5.41) is 2.67. The molecule has 0 saturated carbocycles. The van der Waals surface area contributed by atoms with Gasteiger partial charge in [0.1, 0.15) is 0 Å². The zero-order chi connectivity index (χ0) is 10.4. The Bertz CT molecular complexity index is 342. The number of hydrogen-bond donors (Lipinski definition) is 2. The lowest BCUT2D eigenvalue weighted by atomic mass is 10.2. The van der Waals surface area contributed by atoms with Gasteiger partial charge in [0.15, 0.2) is 0 Å². The fourth-order valence-electron chi connectivity index (χ4n) is 0.923. The van der Waals surface area contributed by atoms with Crippen LogP contribution < -0.4 is 10.9 Å². The molecule has 0 aromatic carbocycles. The van der Waals surface area contributed by atoms with Gasteiger partial charge in [-0.25, -0.2) is 0 Å². The number of aromatic nitrogens is 1. The van der Waals surface area contributed by atoms with Gasteiger partial charge >= 0.3 is 0 Å². The lowest BCUT2D eigenvalue weighted by Gasteiger charge is -2.02. The zero-order valence-electron chi connectivity index (χ0n) is 7.55. The van der Waals surface area contributed by atoms with Crippen molar-refractivity contribution in [3.05, 3.63) is 34.2 Å². The molecule has 2 N–H and O–H groups in total. The molecule has 76 valence electrons. The lowest BCUT2D eigenvalue weighted by molar-refractivity contribution is 0.0953. The van der Waals surface area contributed by atoms with Gasteiger partial charge in [0.2, 0.25) is 5.56 Å². The van der Waals surface area contributed by atoms with Crippen molar-refractivity contribution >= 4 is 17.5 Å². The van der Waals surface area contributed by atoms with Gasteiger partial charge in [-0.3, -0.25) is 9.59 Å². The van der Waals surface area contributed by atoms with Crippen molar-refractivity contribution in [2.24, 2.45) is 0 Å². The van der Waals surface area contributed by atoms with E-state index in [1.165, 1.54) is 18.3 Å². The molecule has 0 bridgehead atoms. The van der Waals surface area contributed by atoms with E-state index in [1.807, 2.05) is 0 Å². The summed E-state index contributed by atoms with van der Waals surface area (Å²) in [4.78, 5) is 24.5. The number of halogens is 1. The van der Waals surface area contributed by atoms with Crippen LogP contribution in [0.2, 0.25) is 0 Å². The first kappa shape index (κ1) is 10.8. The molecule has 0 aliphatic rings. The van der Waals surface area contributed by atoms with Crippen LogP contribution in [0.25, 0.3) is 0 Å². The Morgan fingerprint density at radius 1 is 1.50 bits per heavy atom. The van der Waals surface area contributed by atoms with Crippen LogP contribution in [0.3, 0.4) is 0 Å². The van der Waals surface area contributed by atoms with Gasteiger partial charge in [0.25, 0.3) is 5.91 Å². The van der Waals surface area contributed by atoms with E-state index < -0.39 is 0 Å². The minimum Gasteiger partial charge on any atom is -0.352 e. The number of nitrogens with one attached hydrogen (secondary N) is 2.